The summed E-state index contributed by atoms with van der Waals surface area (Å²) in [5.41, 5.74) is 1.76. The minimum Gasteiger partial charge on any atom is -0.462 e. The van der Waals surface area contributed by atoms with Crippen LogP contribution < -0.4 is 4.74 Å². The molecule has 1 fully saturated rings. The first kappa shape index (κ1) is 17.3. The largest absolute Gasteiger partial charge is 0.462 e. The summed E-state index contributed by atoms with van der Waals surface area (Å²) in [4.78, 5) is 14.3. The van der Waals surface area contributed by atoms with Crippen molar-refractivity contribution in [1.29, 1.82) is 0 Å². The maximum atomic E-state index is 13.0. The Balaban J connectivity index is 1.37. The standard InChI is InChI=1S/C20H19ClFNO3/c21-16-3-6-18-15(12-16)13-25-20(26-18)7-9-23(10-8-20)19(24)11-14-1-4-17(22)5-2-14/h1-6,12H,7-11,13H2. The van der Waals surface area contributed by atoms with Crippen molar-refractivity contribution in [2.24, 2.45) is 0 Å². The van der Waals surface area contributed by atoms with Gasteiger partial charge < -0.3 is 14.4 Å². The number of amides is 1. The second-order valence-electron chi connectivity index (χ2n) is 6.74. The number of piperidine rings is 1. The van der Waals surface area contributed by atoms with Crippen LogP contribution >= 0.6 is 11.6 Å². The SMILES string of the molecule is O=C(Cc1ccc(F)cc1)N1CCC2(CC1)OCc1cc(Cl)ccc1O2. The molecule has 2 aromatic rings. The van der Waals surface area contributed by atoms with Gasteiger partial charge in [0.15, 0.2) is 0 Å². The third-order valence-corrected chi connectivity index (χ3v) is 5.19. The molecule has 2 aromatic carbocycles. The molecule has 0 radical (unpaired) electrons. The highest BCUT2D eigenvalue weighted by atomic mass is 35.5. The molecule has 2 heterocycles. The van der Waals surface area contributed by atoms with Crippen LogP contribution in [0.3, 0.4) is 0 Å². The maximum absolute atomic E-state index is 13.0. The summed E-state index contributed by atoms with van der Waals surface area (Å²) in [6.07, 6.45) is 1.50. The van der Waals surface area contributed by atoms with E-state index < -0.39 is 5.79 Å². The Morgan fingerprint density at radius 1 is 1.15 bits per heavy atom. The summed E-state index contributed by atoms with van der Waals surface area (Å²) in [5.74, 6) is -0.136. The van der Waals surface area contributed by atoms with E-state index in [0.717, 1.165) is 16.9 Å². The monoisotopic (exact) mass is 375 g/mol. The van der Waals surface area contributed by atoms with Crippen LogP contribution in [0.2, 0.25) is 5.02 Å². The second-order valence-corrected chi connectivity index (χ2v) is 7.17. The molecular formula is C20H19ClFNO3. The molecule has 0 saturated carbocycles. The lowest BCUT2D eigenvalue weighted by Gasteiger charge is -2.44. The van der Waals surface area contributed by atoms with Gasteiger partial charge in [-0.3, -0.25) is 4.79 Å². The molecule has 1 amide bonds. The molecule has 26 heavy (non-hydrogen) atoms. The number of hydrogen-bond donors (Lipinski definition) is 0. The average Bonchev–Trinajstić information content (AvgIpc) is 2.64. The minimum atomic E-state index is -0.673. The normalized spacial score (nSPS) is 18.3. The quantitative estimate of drug-likeness (QED) is 0.797. The lowest BCUT2D eigenvalue weighted by atomic mass is 10.0. The Morgan fingerprint density at radius 2 is 1.88 bits per heavy atom. The molecule has 0 atom stereocenters. The van der Waals surface area contributed by atoms with Crippen molar-refractivity contribution in [3.8, 4) is 5.75 Å². The number of rotatable bonds is 2. The predicted octanol–water partition coefficient (Wildman–Crippen LogP) is 3.95. The highest BCUT2D eigenvalue weighted by molar-refractivity contribution is 6.30. The first-order valence-electron chi connectivity index (χ1n) is 8.67. The van der Waals surface area contributed by atoms with Gasteiger partial charge in [-0.25, -0.2) is 4.39 Å². The van der Waals surface area contributed by atoms with E-state index in [1.165, 1.54) is 12.1 Å². The number of carbonyl (C=O) groups excluding carboxylic acids is 1. The van der Waals surface area contributed by atoms with Crippen LogP contribution in [0, 0.1) is 5.82 Å². The number of nitrogens with zero attached hydrogens (tertiary/aromatic N) is 1. The van der Waals surface area contributed by atoms with Gasteiger partial charge in [0.1, 0.15) is 11.6 Å². The van der Waals surface area contributed by atoms with Crippen LogP contribution in [0.4, 0.5) is 4.39 Å². The zero-order valence-corrected chi connectivity index (χ0v) is 15.0. The molecule has 1 saturated heterocycles. The molecule has 0 bridgehead atoms. The van der Waals surface area contributed by atoms with E-state index in [-0.39, 0.29) is 18.1 Å². The minimum absolute atomic E-state index is 0.0365. The summed E-state index contributed by atoms with van der Waals surface area (Å²) in [7, 11) is 0. The van der Waals surface area contributed by atoms with E-state index in [0.29, 0.717) is 37.6 Å². The Morgan fingerprint density at radius 3 is 2.62 bits per heavy atom. The zero-order chi connectivity index (χ0) is 18.1. The van der Waals surface area contributed by atoms with Gasteiger partial charge in [-0.15, -0.1) is 0 Å². The first-order valence-corrected chi connectivity index (χ1v) is 9.04. The summed E-state index contributed by atoms with van der Waals surface area (Å²) in [5, 5.41) is 0.660. The number of ether oxygens (including phenoxy) is 2. The van der Waals surface area contributed by atoms with E-state index in [1.807, 2.05) is 17.0 Å². The predicted molar refractivity (Wildman–Crippen MR) is 95.5 cm³/mol. The summed E-state index contributed by atoms with van der Waals surface area (Å²) in [6.45, 7) is 1.60. The molecule has 4 rings (SSSR count). The smallest absolute Gasteiger partial charge is 0.226 e. The molecule has 2 aliphatic heterocycles. The van der Waals surface area contributed by atoms with Crippen LogP contribution in [-0.4, -0.2) is 29.7 Å². The zero-order valence-electron chi connectivity index (χ0n) is 14.2. The van der Waals surface area contributed by atoms with Gasteiger partial charge in [-0.05, 0) is 35.9 Å². The summed E-state index contributed by atoms with van der Waals surface area (Å²) < 4.78 is 25.1. The molecule has 4 nitrogen and oxygen atoms in total. The number of benzene rings is 2. The third-order valence-electron chi connectivity index (χ3n) is 4.96. The second kappa shape index (κ2) is 6.89. The number of hydrogen-bond acceptors (Lipinski definition) is 3. The first-order chi connectivity index (χ1) is 12.5. The molecule has 2 aliphatic rings. The maximum Gasteiger partial charge on any atom is 0.226 e. The summed E-state index contributed by atoms with van der Waals surface area (Å²) >= 11 is 6.01. The van der Waals surface area contributed by atoms with Gasteiger partial charge in [0.25, 0.3) is 0 Å². The van der Waals surface area contributed by atoms with Crippen LogP contribution in [0.5, 0.6) is 5.75 Å². The van der Waals surface area contributed by atoms with Crippen molar-refractivity contribution < 1.29 is 18.7 Å². The number of carbonyl (C=O) groups is 1. The van der Waals surface area contributed by atoms with Gasteiger partial charge in [-0.2, -0.15) is 0 Å². The fourth-order valence-electron chi connectivity index (χ4n) is 3.43. The van der Waals surface area contributed by atoms with Gasteiger partial charge in [0, 0.05) is 36.5 Å². The summed E-state index contributed by atoms with van der Waals surface area (Å²) in [6, 6.07) is 11.6. The molecule has 0 N–H and O–H groups in total. The van der Waals surface area contributed by atoms with Crippen molar-refractivity contribution in [3.05, 3.63) is 64.4 Å². The van der Waals surface area contributed by atoms with Gasteiger partial charge >= 0.3 is 0 Å². The Hall–Kier alpha value is -2.11. The van der Waals surface area contributed by atoms with Crippen LogP contribution in [-0.2, 0) is 22.6 Å². The van der Waals surface area contributed by atoms with Crippen LogP contribution in [0.25, 0.3) is 0 Å². The van der Waals surface area contributed by atoms with E-state index >= 15 is 0 Å². The van der Waals surface area contributed by atoms with Crippen molar-refractivity contribution >= 4 is 17.5 Å². The molecule has 1 spiro atoms. The molecular weight excluding hydrogens is 357 g/mol. The number of halogens is 2. The molecule has 136 valence electrons. The van der Waals surface area contributed by atoms with Crippen molar-refractivity contribution in [2.75, 3.05) is 13.1 Å². The van der Waals surface area contributed by atoms with Crippen molar-refractivity contribution in [2.45, 2.75) is 31.7 Å². The van der Waals surface area contributed by atoms with Crippen LogP contribution in [0.1, 0.15) is 24.0 Å². The number of likely N-dealkylation sites (tertiary alicyclic amines) is 1. The molecule has 0 aromatic heterocycles. The lowest BCUT2D eigenvalue weighted by Crippen LogP contribution is -2.52. The van der Waals surface area contributed by atoms with Gasteiger partial charge in [0.05, 0.1) is 13.0 Å². The van der Waals surface area contributed by atoms with Gasteiger partial charge in [0.2, 0.25) is 11.7 Å². The third kappa shape index (κ3) is 3.55. The average molecular weight is 376 g/mol. The van der Waals surface area contributed by atoms with Gasteiger partial charge in [-0.1, -0.05) is 23.7 Å². The number of fused-ring (bicyclic) bond motifs is 1. The Labute approximate surface area is 156 Å². The van der Waals surface area contributed by atoms with E-state index in [9.17, 15) is 9.18 Å². The van der Waals surface area contributed by atoms with E-state index in [1.54, 1.807) is 18.2 Å². The fourth-order valence-corrected chi connectivity index (χ4v) is 3.63. The van der Waals surface area contributed by atoms with E-state index in [4.69, 9.17) is 21.1 Å². The fraction of sp³-hybridized carbons (Fsp3) is 0.350. The Kier molecular flexibility index (Phi) is 4.59. The highest BCUT2D eigenvalue weighted by Gasteiger charge is 2.41. The lowest BCUT2D eigenvalue weighted by molar-refractivity contribution is -0.227. The molecule has 0 unspecified atom stereocenters. The highest BCUT2D eigenvalue weighted by Crippen LogP contribution is 2.38. The molecule has 0 aliphatic carbocycles. The topological polar surface area (TPSA) is 38.8 Å². The van der Waals surface area contributed by atoms with Crippen LogP contribution in [0.15, 0.2) is 42.5 Å². The molecule has 6 heteroatoms. The van der Waals surface area contributed by atoms with Crippen molar-refractivity contribution in [3.63, 3.8) is 0 Å². The van der Waals surface area contributed by atoms with E-state index in [2.05, 4.69) is 0 Å². The Bertz CT molecular complexity index is 816. The van der Waals surface area contributed by atoms with Crippen molar-refractivity contribution in [1.82, 2.24) is 4.90 Å².